The average Bonchev–Trinajstić information content (AvgIpc) is 2.28. The van der Waals surface area contributed by atoms with E-state index in [2.05, 4.69) is 21.1 Å². The van der Waals surface area contributed by atoms with Crippen molar-refractivity contribution in [2.75, 3.05) is 0 Å². The molecular weight excluding hydrogens is 128 g/mol. The Morgan fingerprint density at radius 1 is 1.30 bits per heavy atom. The zero-order chi connectivity index (χ0) is 6.81. The van der Waals surface area contributed by atoms with E-state index in [1.165, 1.54) is 0 Å². The third kappa shape index (κ3) is 0.699. The smallest absolute Gasteiger partial charge is 0.198 e. The highest BCUT2D eigenvalue weighted by Crippen LogP contribution is 2.01. The monoisotopic (exact) mass is 134 g/mol. The number of nitrogens with one attached hydrogen (secondary N) is 2. The Balaban J connectivity index is 2.42. The van der Waals surface area contributed by atoms with E-state index >= 15 is 0 Å². The summed E-state index contributed by atoms with van der Waals surface area (Å²) in [5.74, 6) is 0.699. The van der Waals surface area contributed by atoms with Crippen LogP contribution >= 0.6 is 0 Å². The summed E-state index contributed by atoms with van der Waals surface area (Å²) in [4.78, 5) is 4.03. The summed E-state index contributed by atoms with van der Waals surface area (Å²) in [5.41, 5.74) is 6.36. The van der Waals surface area contributed by atoms with Crippen molar-refractivity contribution in [2.45, 2.75) is 0 Å². The van der Waals surface area contributed by atoms with Gasteiger partial charge in [-0.05, 0) is 12.2 Å². The van der Waals surface area contributed by atoms with E-state index in [4.69, 9.17) is 0 Å². The topological polar surface area (TPSA) is 48.8 Å². The third-order valence-corrected chi connectivity index (χ3v) is 1.25. The summed E-state index contributed by atoms with van der Waals surface area (Å²) in [5, 5.41) is 3.87. The maximum absolute atomic E-state index is 4.03. The molecule has 10 heavy (non-hydrogen) atoms. The number of hydrogen-bond acceptors (Lipinski definition) is 4. The minimum Gasteiger partial charge on any atom is -0.281 e. The average molecular weight is 134 g/mol. The van der Waals surface area contributed by atoms with Gasteiger partial charge >= 0.3 is 0 Å². The Kier molecular flexibility index (Phi) is 1.04. The first-order valence-electron chi connectivity index (χ1n) is 2.97. The van der Waals surface area contributed by atoms with Crippen molar-refractivity contribution in [3.05, 3.63) is 23.9 Å². The summed E-state index contributed by atoms with van der Waals surface area (Å²) < 4.78 is 0. The molecule has 2 aliphatic heterocycles. The van der Waals surface area contributed by atoms with E-state index < -0.39 is 0 Å². The molecule has 0 aromatic carbocycles. The van der Waals surface area contributed by atoms with Crippen LogP contribution in [0.3, 0.4) is 0 Å². The Hall–Kier alpha value is -1.58. The summed E-state index contributed by atoms with van der Waals surface area (Å²) >= 11 is 0. The van der Waals surface area contributed by atoms with E-state index in [-0.39, 0.29) is 0 Å². The van der Waals surface area contributed by atoms with E-state index in [1.54, 1.807) is 6.21 Å². The van der Waals surface area contributed by atoms with Crippen LogP contribution in [0.5, 0.6) is 0 Å². The van der Waals surface area contributed by atoms with Crippen molar-refractivity contribution < 1.29 is 0 Å². The van der Waals surface area contributed by atoms with Crippen LogP contribution in [0.4, 0.5) is 0 Å². The van der Waals surface area contributed by atoms with Gasteiger partial charge in [0.05, 0.1) is 0 Å². The van der Waals surface area contributed by atoms with Gasteiger partial charge in [-0.3, -0.25) is 5.43 Å². The summed E-state index contributed by atoms with van der Waals surface area (Å²) in [6, 6.07) is 0. The molecule has 0 aromatic rings. The molecular formula is C6H6N4. The lowest BCUT2D eigenvalue weighted by molar-refractivity contribution is 0.690. The Labute approximate surface area is 58.0 Å². The molecule has 4 nitrogen and oxygen atoms in total. The fourth-order valence-corrected chi connectivity index (χ4v) is 0.787. The zero-order valence-electron chi connectivity index (χ0n) is 5.20. The summed E-state index contributed by atoms with van der Waals surface area (Å²) in [7, 11) is 0. The lowest BCUT2D eigenvalue weighted by Gasteiger charge is -1.92. The fourth-order valence-electron chi connectivity index (χ4n) is 0.787. The predicted octanol–water partition coefficient (Wildman–Crippen LogP) is -0.0678. The lowest BCUT2D eigenvalue weighted by atomic mass is 10.4. The highest BCUT2D eigenvalue weighted by molar-refractivity contribution is 6.05. The molecule has 0 spiro atoms. The molecule has 2 N–H and O–H groups in total. The van der Waals surface area contributed by atoms with Gasteiger partial charge in [-0.2, -0.15) is 0 Å². The van der Waals surface area contributed by atoms with Crippen LogP contribution in [0.1, 0.15) is 0 Å². The van der Waals surface area contributed by atoms with Crippen LogP contribution in [0.2, 0.25) is 0 Å². The van der Waals surface area contributed by atoms with Crippen molar-refractivity contribution in [3.8, 4) is 0 Å². The predicted molar refractivity (Wildman–Crippen MR) is 39.4 cm³/mol. The molecule has 0 fully saturated rings. The van der Waals surface area contributed by atoms with E-state index in [9.17, 15) is 0 Å². The molecule has 0 radical (unpaired) electrons. The third-order valence-electron chi connectivity index (χ3n) is 1.25. The molecule has 0 unspecified atom stereocenters. The van der Waals surface area contributed by atoms with Gasteiger partial charge in [0.25, 0.3) is 0 Å². The first-order valence-corrected chi connectivity index (χ1v) is 2.97. The van der Waals surface area contributed by atoms with Crippen molar-refractivity contribution in [2.24, 2.45) is 10.1 Å². The van der Waals surface area contributed by atoms with Gasteiger partial charge in [-0.15, -0.1) is 5.10 Å². The molecule has 4 heteroatoms. The summed E-state index contributed by atoms with van der Waals surface area (Å²) in [6.45, 7) is 0. The van der Waals surface area contributed by atoms with Gasteiger partial charge in [-0.1, -0.05) is 6.08 Å². The van der Waals surface area contributed by atoms with E-state index in [0.717, 1.165) is 5.70 Å². The zero-order valence-corrected chi connectivity index (χ0v) is 5.20. The number of amidine groups is 1. The molecule has 0 saturated heterocycles. The number of hydrazine groups is 1. The SMILES string of the molecule is C1=CC=C2NNN=C2N=C1. The van der Waals surface area contributed by atoms with Gasteiger partial charge in [0.1, 0.15) is 5.70 Å². The summed E-state index contributed by atoms with van der Waals surface area (Å²) in [6.07, 6.45) is 7.37. The molecule has 0 aliphatic carbocycles. The first kappa shape index (κ1) is 5.22. The van der Waals surface area contributed by atoms with Crippen LogP contribution in [-0.4, -0.2) is 12.1 Å². The van der Waals surface area contributed by atoms with Gasteiger partial charge in [0.2, 0.25) is 0 Å². The molecule has 2 rings (SSSR count). The number of nitrogens with zero attached hydrogens (tertiary/aromatic N) is 2. The van der Waals surface area contributed by atoms with Crippen LogP contribution in [-0.2, 0) is 0 Å². The number of aliphatic imine (C=N–C) groups is 1. The molecule has 2 aliphatic rings. The Morgan fingerprint density at radius 3 is 3.30 bits per heavy atom. The van der Waals surface area contributed by atoms with Crippen molar-refractivity contribution in [1.82, 2.24) is 11.0 Å². The molecule has 0 atom stereocenters. The molecule has 0 saturated carbocycles. The largest absolute Gasteiger partial charge is 0.281 e. The molecule has 0 aromatic heterocycles. The van der Waals surface area contributed by atoms with Crippen LogP contribution < -0.4 is 11.0 Å². The molecule has 0 bridgehead atoms. The number of hydrogen-bond donors (Lipinski definition) is 2. The van der Waals surface area contributed by atoms with Gasteiger partial charge in [0.15, 0.2) is 5.84 Å². The second-order valence-electron chi connectivity index (χ2n) is 1.92. The minimum atomic E-state index is 0.699. The van der Waals surface area contributed by atoms with Gasteiger partial charge in [0, 0.05) is 6.21 Å². The van der Waals surface area contributed by atoms with Crippen molar-refractivity contribution in [3.63, 3.8) is 0 Å². The second kappa shape index (κ2) is 1.98. The number of allylic oxidation sites excluding steroid dienone is 3. The normalized spacial score (nSPS) is 20.0. The first-order chi connectivity index (χ1) is 4.97. The molecule has 0 amide bonds. The molecule has 50 valence electrons. The highest BCUT2D eigenvalue weighted by atomic mass is 15.6. The highest BCUT2D eigenvalue weighted by Gasteiger charge is 2.10. The van der Waals surface area contributed by atoms with Crippen molar-refractivity contribution in [1.29, 1.82) is 0 Å². The van der Waals surface area contributed by atoms with Gasteiger partial charge < -0.3 is 0 Å². The number of rotatable bonds is 0. The maximum atomic E-state index is 4.03. The van der Waals surface area contributed by atoms with Gasteiger partial charge in [-0.25, -0.2) is 10.5 Å². The Morgan fingerprint density at radius 2 is 2.30 bits per heavy atom. The van der Waals surface area contributed by atoms with Crippen molar-refractivity contribution >= 4 is 12.1 Å². The number of fused-ring (bicyclic) bond motifs is 1. The number of hydrazone groups is 1. The standard InChI is InChI=1S/C6H6N4/c1-2-4-7-6-5(3-1)8-10-9-6/h1-4,8,10H. The maximum Gasteiger partial charge on any atom is 0.198 e. The Bertz CT molecular complexity index is 259. The lowest BCUT2D eigenvalue weighted by Crippen LogP contribution is -2.19. The van der Waals surface area contributed by atoms with Crippen LogP contribution in [0.25, 0.3) is 0 Å². The van der Waals surface area contributed by atoms with Crippen LogP contribution in [0.15, 0.2) is 34.0 Å². The van der Waals surface area contributed by atoms with Crippen LogP contribution in [0, 0.1) is 0 Å². The fraction of sp³-hybridized carbons (Fsp3) is 0. The van der Waals surface area contributed by atoms with E-state index in [0.29, 0.717) is 5.84 Å². The molecule has 2 heterocycles. The minimum absolute atomic E-state index is 0.699. The quantitative estimate of drug-likeness (QED) is 0.487. The second-order valence-corrected chi connectivity index (χ2v) is 1.92. The van der Waals surface area contributed by atoms with E-state index in [1.807, 2.05) is 18.2 Å².